The molecule has 0 saturated heterocycles. The average molecular weight is 250 g/mol. The number of aromatic nitrogens is 1. The Bertz CT molecular complexity index is 534. The van der Waals surface area contributed by atoms with Gasteiger partial charge in [0.15, 0.2) is 0 Å². The standard InChI is InChI=1S/C14H19FN2O/c1-9(2)16-7-6-10-8-17-14-11(15)4-5-12(18-3)13(10)14/h4-5,8-9,16-17H,6-7H2,1-3H3. The molecule has 18 heavy (non-hydrogen) atoms. The van der Waals surface area contributed by atoms with E-state index in [1.165, 1.54) is 6.07 Å². The predicted octanol–water partition coefficient (Wildman–Crippen LogP) is 2.86. The molecule has 2 N–H and O–H groups in total. The van der Waals surface area contributed by atoms with E-state index >= 15 is 0 Å². The van der Waals surface area contributed by atoms with Gasteiger partial charge in [0.05, 0.1) is 12.6 Å². The number of rotatable bonds is 5. The molecule has 0 unspecified atom stereocenters. The van der Waals surface area contributed by atoms with Gasteiger partial charge in [-0.25, -0.2) is 4.39 Å². The van der Waals surface area contributed by atoms with E-state index < -0.39 is 0 Å². The molecule has 0 amide bonds. The van der Waals surface area contributed by atoms with Crippen molar-refractivity contribution in [3.05, 3.63) is 29.7 Å². The Kier molecular flexibility index (Phi) is 3.87. The summed E-state index contributed by atoms with van der Waals surface area (Å²) in [6.07, 6.45) is 2.70. The molecule has 1 aromatic carbocycles. The molecule has 0 fully saturated rings. The van der Waals surface area contributed by atoms with Crippen LogP contribution in [0.3, 0.4) is 0 Å². The smallest absolute Gasteiger partial charge is 0.147 e. The van der Waals surface area contributed by atoms with Crippen LogP contribution in [0.4, 0.5) is 4.39 Å². The summed E-state index contributed by atoms with van der Waals surface area (Å²) < 4.78 is 19.0. The SMILES string of the molecule is COc1ccc(F)c2[nH]cc(CCNC(C)C)c12. The number of ether oxygens (including phenoxy) is 1. The third kappa shape index (κ3) is 2.48. The summed E-state index contributed by atoms with van der Waals surface area (Å²) in [7, 11) is 1.61. The predicted molar refractivity (Wildman–Crippen MR) is 71.7 cm³/mol. The molecule has 0 spiro atoms. The first kappa shape index (κ1) is 12.9. The first-order valence-corrected chi connectivity index (χ1v) is 6.19. The summed E-state index contributed by atoms with van der Waals surface area (Å²) >= 11 is 0. The van der Waals surface area contributed by atoms with Crippen molar-refractivity contribution in [1.82, 2.24) is 10.3 Å². The zero-order valence-corrected chi connectivity index (χ0v) is 11.0. The number of hydrogen-bond acceptors (Lipinski definition) is 2. The highest BCUT2D eigenvalue weighted by atomic mass is 19.1. The van der Waals surface area contributed by atoms with Gasteiger partial charge < -0.3 is 15.0 Å². The zero-order chi connectivity index (χ0) is 13.1. The van der Waals surface area contributed by atoms with Crippen molar-refractivity contribution in [3.8, 4) is 5.75 Å². The van der Waals surface area contributed by atoms with Crippen LogP contribution in [0.15, 0.2) is 18.3 Å². The van der Waals surface area contributed by atoms with Gasteiger partial charge in [-0.05, 0) is 30.7 Å². The molecule has 1 heterocycles. The van der Waals surface area contributed by atoms with Crippen LogP contribution in [0.5, 0.6) is 5.75 Å². The fraction of sp³-hybridized carbons (Fsp3) is 0.429. The summed E-state index contributed by atoms with van der Waals surface area (Å²) in [5.41, 5.74) is 1.60. The van der Waals surface area contributed by atoms with Crippen molar-refractivity contribution >= 4 is 10.9 Å². The van der Waals surface area contributed by atoms with Gasteiger partial charge in [-0.3, -0.25) is 0 Å². The second-order valence-corrected chi connectivity index (χ2v) is 4.67. The molecular formula is C14H19FN2O. The van der Waals surface area contributed by atoms with Crippen LogP contribution < -0.4 is 10.1 Å². The van der Waals surface area contributed by atoms with Crippen LogP contribution in [0.25, 0.3) is 10.9 Å². The van der Waals surface area contributed by atoms with Gasteiger partial charge in [0.2, 0.25) is 0 Å². The van der Waals surface area contributed by atoms with Gasteiger partial charge >= 0.3 is 0 Å². The van der Waals surface area contributed by atoms with E-state index in [4.69, 9.17) is 4.74 Å². The van der Waals surface area contributed by atoms with Crippen LogP contribution >= 0.6 is 0 Å². The minimum absolute atomic E-state index is 0.242. The summed E-state index contributed by atoms with van der Waals surface area (Å²) in [4.78, 5) is 2.99. The summed E-state index contributed by atoms with van der Waals surface area (Å²) in [6, 6.07) is 3.55. The minimum atomic E-state index is -0.242. The molecule has 1 aromatic heterocycles. The minimum Gasteiger partial charge on any atom is -0.496 e. The quantitative estimate of drug-likeness (QED) is 0.856. The van der Waals surface area contributed by atoms with Crippen molar-refractivity contribution in [2.24, 2.45) is 0 Å². The lowest BCUT2D eigenvalue weighted by Crippen LogP contribution is -2.24. The van der Waals surface area contributed by atoms with E-state index in [0.717, 1.165) is 23.9 Å². The largest absolute Gasteiger partial charge is 0.496 e. The molecule has 0 aliphatic rings. The maximum Gasteiger partial charge on any atom is 0.147 e. The molecular weight excluding hydrogens is 231 g/mol. The van der Waals surface area contributed by atoms with Gasteiger partial charge in [0.1, 0.15) is 11.6 Å². The highest BCUT2D eigenvalue weighted by molar-refractivity contribution is 5.89. The number of hydrogen-bond donors (Lipinski definition) is 2. The summed E-state index contributed by atoms with van der Waals surface area (Å²) in [6.45, 7) is 5.08. The molecule has 2 rings (SSSR count). The van der Waals surface area contributed by atoms with Crippen molar-refractivity contribution in [1.29, 1.82) is 0 Å². The highest BCUT2D eigenvalue weighted by Crippen LogP contribution is 2.30. The van der Waals surface area contributed by atoms with E-state index in [2.05, 4.69) is 24.1 Å². The Morgan fingerprint density at radius 1 is 1.39 bits per heavy atom. The van der Waals surface area contributed by atoms with Gasteiger partial charge in [-0.15, -0.1) is 0 Å². The fourth-order valence-corrected chi connectivity index (χ4v) is 2.11. The lowest BCUT2D eigenvalue weighted by molar-refractivity contribution is 0.419. The number of aromatic amines is 1. The Balaban J connectivity index is 2.30. The first-order chi connectivity index (χ1) is 8.63. The molecule has 4 heteroatoms. The maximum atomic E-state index is 13.7. The molecule has 0 aliphatic heterocycles. The molecule has 0 aliphatic carbocycles. The molecule has 0 bridgehead atoms. The second kappa shape index (κ2) is 5.40. The highest BCUT2D eigenvalue weighted by Gasteiger charge is 2.12. The molecule has 2 aromatic rings. The Morgan fingerprint density at radius 2 is 2.17 bits per heavy atom. The van der Waals surface area contributed by atoms with Crippen LogP contribution in [-0.4, -0.2) is 24.7 Å². The fourth-order valence-electron chi connectivity index (χ4n) is 2.11. The number of fused-ring (bicyclic) bond motifs is 1. The van der Waals surface area contributed by atoms with Gasteiger partial charge in [0, 0.05) is 17.6 Å². The monoisotopic (exact) mass is 250 g/mol. The van der Waals surface area contributed by atoms with E-state index in [9.17, 15) is 4.39 Å². The Morgan fingerprint density at radius 3 is 2.83 bits per heavy atom. The normalized spacial score (nSPS) is 11.4. The van der Waals surface area contributed by atoms with Crippen molar-refractivity contribution in [3.63, 3.8) is 0 Å². The molecule has 0 radical (unpaired) electrons. The summed E-state index contributed by atoms with van der Waals surface area (Å²) in [5, 5.41) is 4.20. The Labute approximate surface area is 106 Å². The molecule has 0 saturated carbocycles. The number of benzene rings is 1. The lowest BCUT2D eigenvalue weighted by atomic mass is 10.1. The molecule has 0 atom stereocenters. The molecule has 3 nitrogen and oxygen atoms in total. The van der Waals surface area contributed by atoms with E-state index in [0.29, 0.717) is 17.3 Å². The van der Waals surface area contributed by atoms with E-state index in [-0.39, 0.29) is 5.82 Å². The van der Waals surface area contributed by atoms with Crippen LogP contribution in [-0.2, 0) is 6.42 Å². The van der Waals surface area contributed by atoms with Gasteiger partial charge in [-0.1, -0.05) is 13.8 Å². The lowest BCUT2D eigenvalue weighted by Gasteiger charge is -2.08. The van der Waals surface area contributed by atoms with Crippen molar-refractivity contribution in [2.45, 2.75) is 26.3 Å². The number of H-pyrrole nitrogens is 1. The van der Waals surface area contributed by atoms with Crippen LogP contribution in [0.2, 0.25) is 0 Å². The summed E-state index contributed by atoms with van der Waals surface area (Å²) in [5.74, 6) is 0.473. The van der Waals surface area contributed by atoms with Gasteiger partial charge in [0.25, 0.3) is 0 Å². The molecule has 98 valence electrons. The van der Waals surface area contributed by atoms with Gasteiger partial charge in [-0.2, -0.15) is 0 Å². The van der Waals surface area contributed by atoms with Crippen molar-refractivity contribution in [2.75, 3.05) is 13.7 Å². The van der Waals surface area contributed by atoms with E-state index in [1.807, 2.05) is 6.20 Å². The Hall–Kier alpha value is -1.55. The first-order valence-electron chi connectivity index (χ1n) is 6.19. The number of methoxy groups -OCH3 is 1. The van der Waals surface area contributed by atoms with E-state index in [1.54, 1.807) is 13.2 Å². The van der Waals surface area contributed by atoms with Crippen molar-refractivity contribution < 1.29 is 9.13 Å². The second-order valence-electron chi connectivity index (χ2n) is 4.67. The van der Waals surface area contributed by atoms with Crippen LogP contribution in [0.1, 0.15) is 19.4 Å². The topological polar surface area (TPSA) is 37.0 Å². The third-order valence-electron chi connectivity index (χ3n) is 2.99. The maximum absolute atomic E-state index is 13.7. The van der Waals surface area contributed by atoms with Crippen LogP contribution in [0, 0.1) is 5.82 Å². The third-order valence-corrected chi connectivity index (χ3v) is 2.99. The number of halogens is 1. The average Bonchev–Trinajstić information content (AvgIpc) is 2.75. The zero-order valence-electron chi connectivity index (χ0n) is 11.0. The number of nitrogens with one attached hydrogen (secondary N) is 2.